The number of carbonyl (C=O) groups excluding carboxylic acids is 1. The molecule has 0 bridgehead atoms. The molecule has 0 saturated carbocycles. The number of fused-ring (bicyclic) bond motifs is 1. The highest BCUT2D eigenvalue weighted by Crippen LogP contribution is 2.12. The summed E-state index contributed by atoms with van der Waals surface area (Å²) >= 11 is 0. The lowest BCUT2D eigenvalue weighted by molar-refractivity contribution is 0.102. The van der Waals surface area contributed by atoms with Crippen LogP contribution in [0.4, 0.5) is 5.69 Å². The second kappa shape index (κ2) is 6.29. The molecule has 0 fully saturated rings. The number of hydrogen-bond acceptors (Lipinski definition) is 4. The number of amides is 1. The van der Waals surface area contributed by atoms with Crippen molar-refractivity contribution in [1.29, 1.82) is 0 Å². The zero-order valence-electron chi connectivity index (χ0n) is 13.8. The van der Waals surface area contributed by atoms with Crippen LogP contribution in [0, 0.1) is 6.92 Å². The van der Waals surface area contributed by atoms with E-state index in [-0.39, 0.29) is 17.2 Å². The molecule has 0 atom stereocenters. The second-order valence-corrected chi connectivity index (χ2v) is 6.01. The van der Waals surface area contributed by atoms with Crippen LogP contribution < -0.4 is 10.9 Å². The highest BCUT2D eigenvalue weighted by Gasteiger charge is 2.13. The highest BCUT2D eigenvalue weighted by atomic mass is 16.2. The van der Waals surface area contributed by atoms with E-state index in [2.05, 4.69) is 20.3 Å². The Labute approximate surface area is 138 Å². The first-order valence-corrected chi connectivity index (χ1v) is 7.57. The lowest BCUT2D eigenvalue weighted by Crippen LogP contribution is -2.13. The molecule has 1 amide bonds. The van der Waals surface area contributed by atoms with Crippen LogP contribution >= 0.6 is 0 Å². The first kappa shape index (κ1) is 15.9. The van der Waals surface area contributed by atoms with Crippen molar-refractivity contribution in [2.24, 2.45) is 0 Å². The van der Waals surface area contributed by atoms with Gasteiger partial charge in [0.05, 0.1) is 0 Å². The van der Waals surface area contributed by atoms with E-state index in [1.165, 1.54) is 10.6 Å². The van der Waals surface area contributed by atoms with Crippen LogP contribution in [-0.4, -0.2) is 39.5 Å². The zero-order chi connectivity index (χ0) is 17.3. The maximum atomic E-state index is 12.3. The average molecular weight is 325 g/mol. The Bertz CT molecular complexity index is 938. The van der Waals surface area contributed by atoms with Crippen molar-refractivity contribution in [2.45, 2.75) is 13.5 Å². The number of benzene rings is 1. The molecule has 7 heteroatoms. The van der Waals surface area contributed by atoms with E-state index in [1.807, 2.05) is 38.4 Å². The Morgan fingerprint density at radius 3 is 2.67 bits per heavy atom. The summed E-state index contributed by atoms with van der Waals surface area (Å²) < 4.78 is 1.42. The molecule has 2 N–H and O–H groups in total. The first-order chi connectivity index (χ1) is 11.4. The minimum Gasteiger partial charge on any atom is -0.323 e. The van der Waals surface area contributed by atoms with Gasteiger partial charge in [0, 0.05) is 30.2 Å². The van der Waals surface area contributed by atoms with Crippen molar-refractivity contribution < 1.29 is 4.79 Å². The van der Waals surface area contributed by atoms with Gasteiger partial charge in [0.1, 0.15) is 5.52 Å². The predicted molar refractivity (Wildman–Crippen MR) is 92.3 cm³/mol. The number of aromatic amines is 1. The van der Waals surface area contributed by atoms with Crippen LogP contribution in [0.2, 0.25) is 0 Å². The Hall–Kier alpha value is -2.93. The Morgan fingerprint density at radius 1 is 1.29 bits per heavy atom. The molecular formula is C17H19N5O2. The van der Waals surface area contributed by atoms with Crippen molar-refractivity contribution in [3.8, 4) is 0 Å². The van der Waals surface area contributed by atoms with Crippen molar-refractivity contribution in [3.63, 3.8) is 0 Å². The van der Waals surface area contributed by atoms with Crippen molar-refractivity contribution >= 4 is 17.1 Å². The standard InChI is InChI=1S/C17H19N5O2/c1-11-9-22-15(17(24)18-11)8-14(20-22)16(23)19-13-6-4-12(5-7-13)10-21(2)3/h4-9H,10H2,1-3H3,(H,18,24)(H,19,23). The topological polar surface area (TPSA) is 82.5 Å². The summed E-state index contributed by atoms with van der Waals surface area (Å²) in [5.74, 6) is -0.351. The van der Waals surface area contributed by atoms with E-state index >= 15 is 0 Å². The van der Waals surface area contributed by atoms with Crippen molar-refractivity contribution in [3.05, 3.63) is 63.8 Å². The van der Waals surface area contributed by atoms with Gasteiger partial charge in [-0.3, -0.25) is 9.59 Å². The van der Waals surface area contributed by atoms with Crippen LogP contribution in [-0.2, 0) is 6.54 Å². The maximum Gasteiger partial charge on any atom is 0.276 e. The number of anilines is 1. The quantitative estimate of drug-likeness (QED) is 0.764. The van der Waals surface area contributed by atoms with Crippen LogP contribution in [0.5, 0.6) is 0 Å². The highest BCUT2D eigenvalue weighted by molar-refractivity contribution is 6.03. The van der Waals surface area contributed by atoms with E-state index in [0.29, 0.717) is 16.9 Å². The number of nitrogens with one attached hydrogen (secondary N) is 2. The van der Waals surface area contributed by atoms with Gasteiger partial charge in [0.2, 0.25) is 0 Å². The molecule has 0 aliphatic carbocycles. The SMILES string of the molecule is Cc1cn2nc(C(=O)Nc3ccc(CN(C)C)cc3)cc2c(=O)[nH]1. The molecule has 124 valence electrons. The smallest absolute Gasteiger partial charge is 0.276 e. The monoisotopic (exact) mass is 325 g/mol. The summed E-state index contributed by atoms with van der Waals surface area (Å²) in [6.45, 7) is 2.60. The van der Waals surface area contributed by atoms with Gasteiger partial charge >= 0.3 is 0 Å². The first-order valence-electron chi connectivity index (χ1n) is 7.57. The van der Waals surface area contributed by atoms with Gasteiger partial charge in [-0.15, -0.1) is 0 Å². The number of nitrogens with zero attached hydrogens (tertiary/aromatic N) is 3. The summed E-state index contributed by atoms with van der Waals surface area (Å²) in [6.07, 6.45) is 1.67. The largest absolute Gasteiger partial charge is 0.323 e. The molecule has 7 nitrogen and oxygen atoms in total. The van der Waals surface area contributed by atoms with Crippen LogP contribution in [0.25, 0.3) is 5.52 Å². The third-order valence-electron chi connectivity index (χ3n) is 3.54. The molecule has 1 aromatic carbocycles. The number of aromatic nitrogens is 3. The van der Waals surface area contributed by atoms with Gasteiger partial charge < -0.3 is 15.2 Å². The van der Waals surface area contributed by atoms with Gasteiger partial charge in [-0.1, -0.05) is 12.1 Å². The molecule has 0 spiro atoms. The van der Waals surface area contributed by atoms with Crippen LogP contribution in [0.1, 0.15) is 21.7 Å². The number of hydrogen-bond donors (Lipinski definition) is 2. The fourth-order valence-corrected chi connectivity index (χ4v) is 2.49. The summed E-state index contributed by atoms with van der Waals surface area (Å²) in [6, 6.07) is 9.11. The van der Waals surface area contributed by atoms with Crippen molar-refractivity contribution in [1.82, 2.24) is 19.5 Å². The molecule has 0 saturated heterocycles. The lowest BCUT2D eigenvalue weighted by Gasteiger charge is -2.10. The Balaban J connectivity index is 1.80. The fourth-order valence-electron chi connectivity index (χ4n) is 2.49. The van der Waals surface area contributed by atoms with E-state index < -0.39 is 0 Å². The summed E-state index contributed by atoms with van der Waals surface area (Å²) in [4.78, 5) is 29.0. The van der Waals surface area contributed by atoms with Gasteiger partial charge in [-0.25, -0.2) is 4.52 Å². The van der Waals surface area contributed by atoms with Gasteiger partial charge in [-0.2, -0.15) is 5.10 Å². The predicted octanol–water partition coefficient (Wildman–Crippen LogP) is 1.64. The fraction of sp³-hybridized carbons (Fsp3) is 0.235. The van der Waals surface area contributed by atoms with E-state index in [1.54, 1.807) is 13.1 Å². The molecule has 3 rings (SSSR count). The normalized spacial score (nSPS) is 11.2. The average Bonchev–Trinajstić information content (AvgIpc) is 2.93. The number of H-pyrrole nitrogens is 1. The molecular weight excluding hydrogens is 306 g/mol. The van der Waals surface area contributed by atoms with E-state index in [9.17, 15) is 9.59 Å². The van der Waals surface area contributed by atoms with E-state index in [0.717, 1.165) is 12.1 Å². The Kier molecular flexibility index (Phi) is 4.18. The summed E-state index contributed by atoms with van der Waals surface area (Å²) in [5.41, 5.74) is 2.79. The van der Waals surface area contributed by atoms with Crippen molar-refractivity contribution in [2.75, 3.05) is 19.4 Å². The summed E-state index contributed by atoms with van der Waals surface area (Å²) in [5, 5.41) is 6.96. The minimum absolute atomic E-state index is 0.198. The number of carbonyl (C=O) groups is 1. The molecule has 3 aromatic rings. The second-order valence-electron chi connectivity index (χ2n) is 6.01. The van der Waals surface area contributed by atoms with Gasteiger partial charge in [0.15, 0.2) is 5.69 Å². The molecule has 2 aromatic heterocycles. The van der Waals surface area contributed by atoms with Gasteiger partial charge in [0.25, 0.3) is 11.5 Å². The third-order valence-corrected chi connectivity index (χ3v) is 3.54. The molecule has 0 aliphatic heterocycles. The van der Waals surface area contributed by atoms with Crippen LogP contribution in [0.3, 0.4) is 0 Å². The molecule has 0 radical (unpaired) electrons. The molecule has 0 aliphatic rings. The molecule has 24 heavy (non-hydrogen) atoms. The van der Waals surface area contributed by atoms with Gasteiger partial charge in [-0.05, 0) is 38.7 Å². The number of rotatable bonds is 4. The van der Waals surface area contributed by atoms with E-state index in [4.69, 9.17) is 0 Å². The maximum absolute atomic E-state index is 12.3. The molecule has 2 heterocycles. The molecule has 0 unspecified atom stereocenters. The minimum atomic E-state index is -0.351. The Morgan fingerprint density at radius 2 is 2.00 bits per heavy atom. The van der Waals surface area contributed by atoms with Crippen LogP contribution in [0.15, 0.2) is 41.3 Å². The lowest BCUT2D eigenvalue weighted by atomic mass is 10.2. The summed E-state index contributed by atoms with van der Waals surface area (Å²) in [7, 11) is 4.00. The zero-order valence-corrected chi connectivity index (χ0v) is 13.8. The third kappa shape index (κ3) is 3.36. The number of aryl methyl sites for hydroxylation is 1.